The number of carbonyl (C=O) groups is 3. The highest BCUT2D eigenvalue weighted by molar-refractivity contribution is 7.20. The Labute approximate surface area is 208 Å². The fourth-order valence-electron chi connectivity index (χ4n) is 5.41. The van der Waals surface area contributed by atoms with Gasteiger partial charge in [0.25, 0.3) is 17.4 Å². The Bertz CT molecular complexity index is 1500. The van der Waals surface area contributed by atoms with Crippen LogP contribution in [0.5, 0.6) is 0 Å². The molecule has 0 radical (unpaired) electrons. The first-order chi connectivity index (χ1) is 17.3. The molecule has 3 aromatic rings. The number of aromatic nitrogens is 3. The van der Waals surface area contributed by atoms with Crippen molar-refractivity contribution in [2.75, 3.05) is 18.4 Å². The lowest BCUT2D eigenvalue weighted by Gasteiger charge is -2.38. The van der Waals surface area contributed by atoms with E-state index < -0.39 is 11.8 Å². The summed E-state index contributed by atoms with van der Waals surface area (Å²) in [5.74, 6) is -0.0528. The van der Waals surface area contributed by atoms with Crippen molar-refractivity contribution in [1.29, 1.82) is 0 Å². The second kappa shape index (κ2) is 8.01. The molecule has 1 spiro atoms. The molecule has 0 bridgehead atoms. The van der Waals surface area contributed by atoms with Gasteiger partial charge in [0.05, 0.1) is 16.3 Å². The van der Waals surface area contributed by atoms with Gasteiger partial charge < -0.3 is 26.0 Å². The number of nitrogens with one attached hydrogen (secondary N) is 3. The topological polar surface area (TPSA) is 159 Å². The minimum Gasteiger partial charge on any atom is -0.465 e. The zero-order valence-corrected chi connectivity index (χ0v) is 20.1. The SMILES string of the molecule is Cc1cc(Nc2ncnc3sc(C(=O)N4CC(NC(=O)O)C4)cc23)c(=O)n2c1C(=O)NC21CCCC1. The molecule has 3 aromatic heterocycles. The van der Waals surface area contributed by atoms with Crippen LogP contribution in [-0.4, -0.2) is 61.6 Å². The number of aryl methyl sites for hydroxylation is 1. The van der Waals surface area contributed by atoms with E-state index in [1.807, 2.05) is 0 Å². The first-order valence-electron chi connectivity index (χ1n) is 11.7. The predicted octanol–water partition coefficient (Wildman–Crippen LogP) is 1.97. The number of rotatable bonds is 4. The Morgan fingerprint density at radius 1 is 1.19 bits per heavy atom. The highest BCUT2D eigenvalue weighted by Gasteiger charge is 2.46. The Balaban J connectivity index is 1.32. The van der Waals surface area contributed by atoms with Crippen molar-refractivity contribution in [2.24, 2.45) is 0 Å². The lowest BCUT2D eigenvalue weighted by atomic mass is 10.1. The average molecular weight is 510 g/mol. The van der Waals surface area contributed by atoms with Gasteiger partial charge in [0.15, 0.2) is 0 Å². The van der Waals surface area contributed by atoms with Crippen molar-refractivity contribution >= 4 is 51.0 Å². The van der Waals surface area contributed by atoms with Gasteiger partial charge in [-0.2, -0.15) is 0 Å². The molecule has 36 heavy (non-hydrogen) atoms. The normalized spacial score (nSPS) is 18.2. The van der Waals surface area contributed by atoms with Gasteiger partial charge in [-0.3, -0.25) is 19.0 Å². The summed E-state index contributed by atoms with van der Waals surface area (Å²) in [6, 6.07) is 3.06. The first kappa shape index (κ1) is 22.5. The molecular weight excluding hydrogens is 486 g/mol. The number of fused-ring (bicyclic) bond motifs is 3. The van der Waals surface area contributed by atoms with Crippen LogP contribution in [0.3, 0.4) is 0 Å². The number of hydrogen-bond donors (Lipinski definition) is 4. The largest absolute Gasteiger partial charge is 0.465 e. The van der Waals surface area contributed by atoms with E-state index in [-0.39, 0.29) is 23.4 Å². The van der Waals surface area contributed by atoms with Crippen LogP contribution in [0.25, 0.3) is 10.2 Å². The number of anilines is 2. The van der Waals surface area contributed by atoms with Gasteiger partial charge in [-0.25, -0.2) is 14.8 Å². The molecule has 2 aliphatic heterocycles. The summed E-state index contributed by atoms with van der Waals surface area (Å²) in [6.45, 7) is 2.41. The highest BCUT2D eigenvalue weighted by atomic mass is 32.1. The quantitative estimate of drug-likeness (QED) is 0.415. The molecule has 13 heteroatoms. The molecular formula is C23H23N7O5S. The molecule has 1 aliphatic carbocycles. The van der Waals surface area contributed by atoms with E-state index in [1.165, 1.54) is 17.7 Å². The fraction of sp³-hybridized carbons (Fsp3) is 0.391. The molecule has 2 fully saturated rings. The van der Waals surface area contributed by atoms with Crippen LogP contribution in [0.2, 0.25) is 0 Å². The summed E-state index contributed by atoms with van der Waals surface area (Å²) in [7, 11) is 0. The number of pyridine rings is 1. The van der Waals surface area contributed by atoms with Crippen LogP contribution >= 0.6 is 11.3 Å². The average Bonchev–Trinajstić information content (AvgIpc) is 3.52. The lowest BCUT2D eigenvalue weighted by Crippen LogP contribution is -2.60. The Hall–Kier alpha value is -4.00. The molecule has 5 heterocycles. The number of nitrogens with zero attached hydrogens (tertiary/aromatic N) is 4. The van der Waals surface area contributed by atoms with Gasteiger partial charge in [-0.1, -0.05) is 0 Å². The monoisotopic (exact) mass is 509 g/mol. The highest BCUT2D eigenvalue weighted by Crippen LogP contribution is 2.39. The molecule has 6 rings (SSSR count). The van der Waals surface area contributed by atoms with Crippen LogP contribution in [0.4, 0.5) is 16.3 Å². The molecule has 12 nitrogen and oxygen atoms in total. The maximum atomic E-state index is 13.6. The summed E-state index contributed by atoms with van der Waals surface area (Å²) >= 11 is 1.21. The van der Waals surface area contributed by atoms with E-state index in [9.17, 15) is 19.2 Å². The van der Waals surface area contributed by atoms with Gasteiger partial charge in [0, 0.05) is 13.1 Å². The fourth-order valence-corrected chi connectivity index (χ4v) is 6.38. The summed E-state index contributed by atoms with van der Waals surface area (Å²) in [5.41, 5.74) is 0.399. The van der Waals surface area contributed by atoms with Crippen molar-refractivity contribution in [3.63, 3.8) is 0 Å². The standard InChI is InChI=1S/C23H23N7O5S/c1-11-6-14(20(32)30-16(11)18(31)28-23(30)4-2-3-5-23)27-17-13-7-15(36-19(13)25-10-24-17)21(33)29-8-12(9-29)26-22(34)35/h6-7,10,12,26H,2-5,8-9H2,1H3,(H,28,31)(H,34,35)(H,24,25,27). The summed E-state index contributed by atoms with van der Waals surface area (Å²) < 4.78 is 1.60. The van der Waals surface area contributed by atoms with E-state index in [2.05, 4.69) is 25.9 Å². The number of hydrogen-bond acceptors (Lipinski definition) is 8. The summed E-state index contributed by atoms with van der Waals surface area (Å²) in [6.07, 6.45) is 3.55. The summed E-state index contributed by atoms with van der Waals surface area (Å²) in [5, 5.41) is 17.9. The second-order valence-corrected chi connectivity index (χ2v) is 10.5. The molecule has 4 N–H and O–H groups in total. The van der Waals surface area contributed by atoms with Gasteiger partial charge in [0.2, 0.25) is 0 Å². The predicted molar refractivity (Wildman–Crippen MR) is 131 cm³/mol. The molecule has 3 amide bonds. The minimum atomic E-state index is -1.11. The van der Waals surface area contributed by atoms with Crippen LogP contribution < -0.4 is 21.5 Å². The first-order valence-corrected chi connectivity index (χ1v) is 12.5. The van der Waals surface area contributed by atoms with Crippen molar-refractivity contribution in [1.82, 2.24) is 30.1 Å². The van der Waals surface area contributed by atoms with E-state index >= 15 is 0 Å². The number of likely N-dealkylation sites (tertiary alicyclic amines) is 1. The molecule has 3 aliphatic rings. The Morgan fingerprint density at radius 3 is 2.67 bits per heavy atom. The van der Waals surface area contributed by atoms with E-state index in [0.29, 0.717) is 63.8 Å². The third kappa shape index (κ3) is 3.41. The van der Waals surface area contributed by atoms with Crippen molar-refractivity contribution in [3.8, 4) is 0 Å². The summed E-state index contributed by atoms with van der Waals surface area (Å²) in [4.78, 5) is 61.1. The van der Waals surface area contributed by atoms with Crippen LogP contribution in [0, 0.1) is 6.92 Å². The van der Waals surface area contributed by atoms with Gasteiger partial charge in [0.1, 0.15) is 34.0 Å². The van der Waals surface area contributed by atoms with Gasteiger partial charge in [-0.05, 0) is 50.3 Å². The van der Waals surface area contributed by atoms with Crippen molar-refractivity contribution < 1.29 is 19.5 Å². The number of amides is 3. The second-order valence-electron chi connectivity index (χ2n) is 9.46. The Morgan fingerprint density at radius 2 is 1.94 bits per heavy atom. The molecule has 1 saturated carbocycles. The maximum Gasteiger partial charge on any atom is 0.405 e. The van der Waals surface area contributed by atoms with Crippen LogP contribution in [0.15, 0.2) is 23.3 Å². The van der Waals surface area contributed by atoms with Crippen molar-refractivity contribution in [2.45, 2.75) is 44.3 Å². The molecule has 186 valence electrons. The smallest absolute Gasteiger partial charge is 0.405 e. The van der Waals surface area contributed by atoms with Crippen molar-refractivity contribution in [3.05, 3.63) is 44.9 Å². The van der Waals surface area contributed by atoms with Crippen LogP contribution in [-0.2, 0) is 5.66 Å². The number of carboxylic acid groups (broad SMARTS) is 1. The third-order valence-corrected chi connectivity index (χ3v) is 8.13. The minimum absolute atomic E-state index is 0.214. The maximum absolute atomic E-state index is 13.6. The van der Waals surface area contributed by atoms with Gasteiger partial charge in [-0.15, -0.1) is 11.3 Å². The molecule has 1 saturated heterocycles. The van der Waals surface area contributed by atoms with Crippen LogP contribution in [0.1, 0.15) is 51.4 Å². The Kier molecular flexibility index (Phi) is 5.00. The van der Waals surface area contributed by atoms with E-state index in [4.69, 9.17) is 5.11 Å². The number of carbonyl (C=O) groups excluding carboxylic acids is 2. The molecule has 0 unspecified atom stereocenters. The molecule has 0 aromatic carbocycles. The van der Waals surface area contributed by atoms with Gasteiger partial charge >= 0.3 is 6.09 Å². The lowest BCUT2D eigenvalue weighted by molar-refractivity contribution is 0.0569. The zero-order valence-electron chi connectivity index (χ0n) is 19.3. The van der Waals surface area contributed by atoms with E-state index in [1.54, 1.807) is 28.5 Å². The third-order valence-electron chi connectivity index (χ3n) is 7.10. The van der Waals surface area contributed by atoms with E-state index in [0.717, 1.165) is 12.8 Å². The zero-order chi connectivity index (χ0) is 25.2. The molecule has 0 atom stereocenters. The number of thiophene rings is 1.